The van der Waals surface area contributed by atoms with E-state index in [-0.39, 0.29) is 37.7 Å². The Labute approximate surface area is 273 Å². The fourth-order valence-corrected chi connectivity index (χ4v) is 3.99. The molecule has 0 heterocycles. The van der Waals surface area contributed by atoms with E-state index >= 15 is 0 Å². The van der Waals surface area contributed by atoms with Gasteiger partial charge >= 0.3 is 35.8 Å². The van der Waals surface area contributed by atoms with Gasteiger partial charge in [0.25, 0.3) is 0 Å². The first-order valence-electron chi connectivity index (χ1n) is 16.8. The van der Waals surface area contributed by atoms with Gasteiger partial charge in [0.05, 0.1) is 52.5 Å². The summed E-state index contributed by atoms with van der Waals surface area (Å²) < 4.78 is 30.6. The molecule has 0 radical (unpaired) electrons. The highest BCUT2D eigenvalue weighted by atomic mass is 16.6. The lowest BCUT2D eigenvalue weighted by atomic mass is 9.95. The van der Waals surface area contributed by atoms with Crippen molar-refractivity contribution in [3.05, 3.63) is 0 Å². The molecule has 0 saturated carbocycles. The third kappa shape index (κ3) is 24.1. The number of hydrogen-bond acceptors (Lipinski definition) is 13. The number of hydrogen-bond donors (Lipinski definition) is 1. The van der Waals surface area contributed by atoms with Crippen LogP contribution in [0.4, 0.5) is 0 Å². The molecule has 0 aliphatic heterocycles. The van der Waals surface area contributed by atoms with Crippen molar-refractivity contribution in [1.29, 1.82) is 0 Å². The summed E-state index contributed by atoms with van der Waals surface area (Å²) in [6.07, 6.45) is 7.44. The predicted octanol–water partition coefficient (Wildman–Crippen LogP) is 4.67. The Kier molecular flexibility index (Phi) is 26.1. The minimum Gasteiger partial charge on any atom is -0.466 e. The lowest BCUT2D eigenvalue weighted by molar-refractivity contribution is -0.178. The molecule has 1 N–H and O–H groups in total. The van der Waals surface area contributed by atoms with Gasteiger partial charge in [-0.05, 0) is 77.0 Å². The molecule has 0 saturated heterocycles. The zero-order valence-electron chi connectivity index (χ0n) is 28.1. The Hall–Kier alpha value is -3.22. The van der Waals surface area contributed by atoms with E-state index in [1.165, 1.54) is 0 Å². The van der Waals surface area contributed by atoms with Crippen molar-refractivity contribution in [2.75, 3.05) is 39.6 Å². The maximum atomic E-state index is 12.9. The second kappa shape index (κ2) is 28.0. The molecule has 13 nitrogen and oxygen atoms in total. The predicted molar refractivity (Wildman–Crippen MR) is 166 cm³/mol. The number of rotatable bonds is 29. The Bertz CT molecular complexity index is 841. The normalized spacial score (nSPS) is 11.0. The molecule has 0 aromatic heterocycles. The van der Waals surface area contributed by atoms with Gasteiger partial charge in [-0.2, -0.15) is 0 Å². The fourth-order valence-electron chi connectivity index (χ4n) is 3.99. The van der Waals surface area contributed by atoms with Crippen LogP contribution < -0.4 is 0 Å². The van der Waals surface area contributed by atoms with Gasteiger partial charge in [0.15, 0.2) is 5.60 Å². The van der Waals surface area contributed by atoms with E-state index in [1.807, 2.05) is 0 Å². The number of unbranched alkanes of at least 4 members (excludes halogenated alkanes) is 9. The third-order valence-electron chi connectivity index (χ3n) is 6.78. The van der Waals surface area contributed by atoms with E-state index in [1.54, 1.807) is 20.8 Å². The number of carbonyl (C=O) groups is 6. The van der Waals surface area contributed by atoms with Crippen LogP contribution in [-0.2, 0) is 57.2 Å². The molecule has 0 aromatic rings. The maximum Gasteiger partial charge on any atom is 0.339 e. The summed E-state index contributed by atoms with van der Waals surface area (Å²) in [4.78, 5) is 71.4. The topological polar surface area (TPSA) is 178 Å². The van der Waals surface area contributed by atoms with Gasteiger partial charge in [-0.1, -0.05) is 20.8 Å². The number of esters is 6. The van der Waals surface area contributed by atoms with Crippen molar-refractivity contribution in [2.24, 2.45) is 0 Å². The standard InChI is InChI=1S/C33H56O13/c1-4-27(34)41-19-13-7-9-16-22-44-30(37)25-33(40,32(39)46-24-18-12-11-15-21-43-29(36)6-3)26-31(38)45-23-17-10-8-14-20-42-28(35)5-2/h40H,4-26H2,1-3H3. The Balaban J connectivity index is 4.67. The SMILES string of the molecule is CCC(=O)OCCCCCCOC(=O)CC(O)(CC(=O)OCCCCCCOC(=O)CC)C(=O)OCCCCCCOC(=O)CC. The van der Waals surface area contributed by atoms with Crippen molar-refractivity contribution >= 4 is 35.8 Å². The molecular formula is C33H56O13. The van der Waals surface area contributed by atoms with Gasteiger partial charge in [-0.15, -0.1) is 0 Å². The Morgan fingerprint density at radius 1 is 0.391 bits per heavy atom. The molecule has 0 fully saturated rings. The van der Waals surface area contributed by atoms with Crippen LogP contribution in [-0.4, -0.2) is 86.2 Å². The van der Waals surface area contributed by atoms with Gasteiger partial charge in [-0.25, -0.2) is 4.79 Å². The quantitative estimate of drug-likeness (QED) is 0.0665. The van der Waals surface area contributed by atoms with Crippen LogP contribution in [0.25, 0.3) is 0 Å². The molecule has 0 amide bonds. The number of aliphatic hydroxyl groups is 1. The first kappa shape index (κ1) is 42.8. The molecule has 0 aliphatic rings. The second-order valence-electron chi connectivity index (χ2n) is 10.9. The van der Waals surface area contributed by atoms with E-state index < -0.39 is 36.4 Å². The summed E-state index contributed by atoms with van der Waals surface area (Å²) in [7, 11) is 0. The maximum absolute atomic E-state index is 12.9. The van der Waals surface area contributed by atoms with Crippen molar-refractivity contribution in [2.45, 2.75) is 136 Å². The number of carbonyl (C=O) groups excluding carboxylic acids is 6. The van der Waals surface area contributed by atoms with Gasteiger partial charge in [0.2, 0.25) is 0 Å². The van der Waals surface area contributed by atoms with E-state index in [0.29, 0.717) is 84.0 Å². The summed E-state index contributed by atoms with van der Waals surface area (Å²) >= 11 is 0. The summed E-state index contributed by atoms with van der Waals surface area (Å²) in [6, 6.07) is 0. The average Bonchev–Trinajstić information content (AvgIpc) is 3.03. The first-order chi connectivity index (χ1) is 22.1. The van der Waals surface area contributed by atoms with Crippen LogP contribution in [0.1, 0.15) is 130 Å². The van der Waals surface area contributed by atoms with E-state index in [0.717, 1.165) is 32.1 Å². The minimum atomic E-state index is -2.45. The van der Waals surface area contributed by atoms with Crippen LogP contribution in [0, 0.1) is 0 Å². The lowest BCUT2D eigenvalue weighted by Gasteiger charge is -2.24. The highest BCUT2D eigenvalue weighted by Gasteiger charge is 2.43. The molecule has 266 valence electrons. The zero-order valence-corrected chi connectivity index (χ0v) is 28.1. The summed E-state index contributed by atoms with van der Waals surface area (Å²) in [5.74, 6) is -3.58. The zero-order chi connectivity index (χ0) is 34.5. The molecule has 46 heavy (non-hydrogen) atoms. The van der Waals surface area contributed by atoms with Crippen molar-refractivity contribution in [3.8, 4) is 0 Å². The van der Waals surface area contributed by atoms with Crippen LogP contribution in [0.3, 0.4) is 0 Å². The molecule has 0 aliphatic carbocycles. The van der Waals surface area contributed by atoms with Crippen molar-refractivity contribution in [1.82, 2.24) is 0 Å². The Morgan fingerprint density at radius 3 is 0.891 bits per heavy atom. The van der Waals surface area contributed by atoms with Crippen LogP contribution >= 0.6 is 0 Å². The minimum absolute atomic E-state index is 0.0267. The van der Waals surface area contributed by atoms with Crippen LogP contribution in [0.2, 0.25) is 0 Å². The summed E-state index contributed by atoms with van der Waals surface area (Å²) in [5, 5.41) is 11.1. The van der Waals surface area contributed by atoms with Crippen molar-refractivity contribution in [3.63, 3.8) is 0 Å². The van der Waals surface area contributed by atoms with Gasteiger partial charge < -0.3 is 33.5 Å². The largest absolute Gasteiger partial charge is 0.466 e. The van der Waals surface area contributed by atoms with E-state index in [9.17, 15) is 33.9 Å². The second-order valence-corrected chi connectivity index (χ2v) is 10.9. The molecule has 0 aromatic carbocycles. The third-order valence-corrected chi connectivity index (χ3v) is 6.78. The fraction of sp³-hybridized carbons (Fsp3) is 0.818. The van der Waals surface area contributed by atoms with Crippen LogP contribution in [0.15, 0.2) is 0 Å². The van der Waals surface area contributed by atoms with Gasteiger partial charge in [-0.3, -0.25) is 24.0 Å². The van der Waals surface area contributed by atoms with Gasteiger partial charge in [0.1, 0.15) is 0 Å². The molecule has 0 rings (SSSR count). The summed E-state index contributed by atoms with van der Waals surface area (Å²) in [6.45, 7) is 6.25. The number of ether oxygens (including phenoxy) is 6. The molecule has 0 atom stereocenters. The highest BCUT2D eigenvalue weighted by molar-refractivity contribution is 5.90. The molecular weight excluding hydrogens is 604 g/mol. The molecule has 0 bridgehead atoms. The van der Waals surface area contributed by atoms with Crippen LogP contribution in [0.5, 0.6) is 0 Å². The highest BCUT2D eigenvalue weighted by Crippen LogP contribution is 2.21. The molecule has 13 heteroatoms. The molecule has 0 unspecified atom stereocenters. The smallest absolute Gasteiger partial charge is 0.339 e. The summed E-state index contributed by atoms with van der Waals surface area (Å²) in [5.41, 5.74) is -2.45. The van der Waals surface area contributed by atoms with Gasteiger partial charge in [0, 0.05) is 19.3 Å². The van der Waals surface area contributed by atoms with E-state index in [2.05, 4.69) is 0 Å². The lowest BCUT2D eigenvalue weighted by Crippen LogP contribution is -2.45. The first-order valence-corrected chi connectivity index (χ1v) is 16.8. The molecule has 0 spiro atoms. The average molecular weight is 661 g/mol. The van der Waals surface area contributed by atoms with Crippen molar-refractivity contribution < 1.29 is 62.3 Å². The van der Waals surface area contributed by atoms with E-state index in [4.69, 9.17) is 28.4 Å². The Morgan fingerprint density at radius 2 is 0.630 bits per heavy atom. The monoisotopic (exact) mass is 660 g/mol.